The Kier molecular flexibility index (Phi) is 9.85. The van der Waals surface area contributed by atoms with Gasteiger partial charge in [0.1, 0.15) is 0 Å². The molecule has 0 bridgehead atoms. The molecule has 0 saturated heterocycles. The van der Waals surface area contributed by atoms with Crippen LogP contribution in [0.15, 0.2) is 30.3 Å². The maximum absolute atomic E-state index is 7.27. The van der Waals surface area contributed by atoms with Crippen molar-refractivity contribution in [2.75, 3.05) is 0 Å². The third-order valence-electron chi connectivity index (χ3n) is 8.38. The Morgan fingerprint density at radius 2 is 1.45 bits per heavy atom. The molecule has 1 unspecified atom stereocenters. The smallest absolute Gasteiger partial charge is 0.163 e. The highest BCUT2D eigenvalue weighted by Gasteiger charge is 2.40. The molecule has 0 N–H and O–H groups in total. The van der Waals surface area contributed by atoms with Gasteiger partial charge in [-0.2, -0.15) is 0 Å². The zero-order valence-electron chi connectivity index (χ0n) is 21.2. The summed E-state index contributed by atoms with van der Waals surface area (Å²) < 4.78 is 10.1. The molecule has 4 rings (SSSR count). The molecule has 186 valence electrons. The van der Waals surface area contributed by atoms with Gasteiger partial charge < -0.3 is 4.52 Å². The van der Waals surface area contributed by atoms with Crippen LogP contribution in [0.25, 0.3) is 0 Å². The fourth-order valence-electron chi connectivity index (χ4n) is 6.38. The zero-order valence-corrected chi connectivity index (χ0v) is 23.7. The van der Waals surface area contributed by atoms with E-state index in [9.17, 15) is 0 Å². The lowest BCUT2D eigenvalue weighted by Gasteiger charge is -2.45. The summed E-state index contributed by atoms with van der Waals surface area (Å²) >= 11 is 8.66. The number of hydrogen-bond acceptors (Lipinski definition) is 4. The summed E-state index contributed by atoms with van der Waals surface area (Å²) in [5.41, 5.74) is -2.26. The van der Waals surface area contributed by atoms with E-state index in [2.05, 4.69) is 55.4 Å². The Balaban J connectivity index is 1.64. The predicted octanol–water partition coefficient (Wildman–Crippen LogP) is 8.71. The normalized spacial score (nSPS) is 29.9. The van der Waals surface area contributed by atoms with Crippen LogP contribution in [0, 0.1) is 17.8 Å². The van der Waals surface area contributed by atoms with E-state index in [1.54, 1.807) is 0 Å². The summed E-state index contributed by atoms with van der Waals surface area (Å²) in [6, 6.07) is 12.3. The van der Waals surface area contributed by atoms with Gasteiger partial charge in [-0.3, -0.25) is 0 Å². The van der Waals surface area contributed by atoms with E-state index >= 15 is 0 Å². The van der Waals surface area contributed by atoms with Crippen LogP contribution in [0.4, 0.5) is 0 Å². The molecule has 1 aromatic rings. The molecule has 0 radical (unpaired) electrons. The van der Waals surface area contributed by atoms with Crippen LogP contribution >= 0.6 is 17.0 Å². The molecule has 0 spiro atoms. The quantitative estimate of drug-likeness (QED) is 0.257. The molecule has 2 nitrogen and oxygen atoms in total. The first-order valence-electron chi connectivity index (χ1n) is 13.8. The molecule has 3 fully saturated rings. The van der Waals surface area contributed by atoms with E-state index < -0.39 is 5.47 Å². The highest BCUT2D eigenvalue weighted by molar-refractivity contribution is 8.70. The van der Waals surface area contributed by atoms with E-state index in [-0.39, 0.29) is 0 Å². The van der Waals surface area contributed by atoms with E-state index in [1.807, 2.05) is 11.6 Å². The fraction of sp³-hybridized carbons (Fsp3) is 0.786. The number of rotatable bonds is 8. The second-order valence-corrected chi connectivity index (χ2v) is 17.9. The van der Waals surface area contributed by atoms with Gasteiger partial charge in [-0.1, -0.05) is 96.0 Å². The number of hydrogen-bond donors (Lipinski definition) is 0. The van der Waals surface area contributed by atoms with Crippen molar-refractivity contribution in [3.05, 3.63) is 30.3 Å². The first kappa shape index (κ1) is 26.2. The van der Waals surface area contributed by atoms with Gasteiger partial charge in [0.2, 0.25) is 0 Å². The lowest BCUT2D eigenvalue weighted by Crippen LogP contribution is -2.41. The molecule has 0 aliphatic heterocycles. The lowest BCUT2D eigenvalue weighted by molar-refractivity contribution is 0.0578. The van der Waals surface area contributed by atoms with Crippen molar-refractivity contribution < 1.29 is 4.52 Å². The standard InChI is InChI=1S/C28H46NOPS2/c1-22(2)27-20-19-23(3)21-28(27)30-31(32,26-17-11-6-12-18-26)33-29(24-13-7-4-8-14-24)25-15-9-5-10-16-25/h6,11-12,17-18,22-25,27-28H,4-5,7-10,13-16,19-21H2,1-3H3/t23-,27+,28-,31?/m1/s1. The SMILES string of the molecule is CC(C)[C@@H]1CC[C@@H](C)C[C@H]1OP(=S)(SN(C1CCCCC1)C1CCCCC1)c1ccccc1. The predicted molar refractivity (Wildman–Crippen MR) is 150 cm³/mol. The molecular weight excluding hydrogens is 461 g/mol. The minimum atomic E-state index is -2.26. The average Bonchev–Trinajstić information content (AvgIpc) is 2.84. The van der Waals surface area contributed by atoms with Crippen LogP contribution in [0.1, 0.15) is 104 Å². The number of benzene rings is 1. The van der Waals surface area contributed by atoms with Crippen molar-refractivity contribution in [3.63, 3.8) is 0 Å². The van der Waals surface area contributed by atoms with Crippen LogP contribution in [0.5, 0.6) is 0 Å². The molecule has 0 heterocycles. The van der Waals surface area contributed by atoms with Crippen molar-refractivity contribution in [1.82, 2.24) is 4.31 Å². The van der Waals surface area contributed by atoms with Crippen molar-refractivity contribution in [3.8, 4) is 0 Å². The van der Waals surface area contributed by atoms with Gasteiger partial charge in [0, 0.05) is 17.4 Å². The highest BCUT2D eigenvalue weighted by Crippen LogP contribution is 2.64. The summed E-state index contributed by atoms with van der Waals surface area (Å²) in [7, 11) is 0. The molecule has 3 aliphatic rings. The molecule has 3 aliphatic carbocycles. The first-order chi connectivity index (χ1) is 16.0. The van der Waals surface area contributed by atoms with E-state index in [1.165, 1.54) is 88.8 Å². The third-order valence-corrected chi connectivity index (χ3v) is 14.4. The van der Waals surface area contributed by atoms with Crippen LogP contribution in [0.3, 0.4) is 0 Å². The summed E-state index contributed by atoms with van der Waals surface area (Å²) in [4.78, 5) is 0. The maximum Gasteiger partial charge on any atom is 0.163 e. The van der Waals surface area contributed by atoms with Crippen LogP contribution in [0.2, 0.25) is 0 Å². The van der Waals surface area contributed by atoms with Crippen molar-refractivity contribution in [1.29, 1.82) is 0 Å². The maximum atomic E-state index is 7.27. The van der Waals surface area contributed by atoms with Crippen LogP contribution < -0.4 is 5.30 Å². The first-order valence-corrected chi connectivity index (χ1v) is 17.9. The van der Waals surface area contributed by atoms with Gasteiger partial charge in [-0.05, 0) is 79.7 Å². The lowest BCUT2D eigenvalue weighted by atomic mass is 9.75. The van der Waals surface area contributed by atoms with Crippen molar-refractivity contribution in [2.45, 2.75) is 122 Å². The second-order valence-electron chi connectivity index (χ2n) is 11.3. The van der Waals surface area contributed by atoms with Gasteiger partial charge >= 0.3 is 0 Å². The van der Waals surface area contributed by atoms with Crippen molar-refractivity contribution >= 4 is 34.1 Å². The van der Waals surface area contributed by atoms with E-state index in [0.29, 0.717) is 30.0 Å². The Bertz CT molecular complexity index is 742. The molecule has 3 saturated carbocycles. The van der Waals surface area contributed by atoms with Crippen LogP contribution in [-0.4, -0.2) is 22.5 Å². The highest BCUT2D eigenvalue weighted by atomic mass is 32.9. The fourth-order valence-corrected chi connectivity index (χ4v) is 12.7. The number of nitrogens with zero attached hydrogens (tertiary/aromatic N) is 1. The Hall–Kier alpha value is 0.140. The van der Waals surface area contributed by atoms with E-state index in [4.69, 9.17) is 16.3 Å². The molecular formula is C28H46NOPS2. The summed E-state index contributed by atoms with van der Waals surface area (Å²) in [6.45, 7) is 7.17. The monoisotopic (exact) mass is 507 g/mol. The van der Waals surface area contributed by atoms with Gasteiger partial charge in [0.15, 0.2) is 5.47 Å². The molecule has 4 atom stereocenters. The summed E-state index contributed by atoms with van der Waals surface area (Å²) in [5, 5.41) is 1.27. The summed E-state index contributed by atoms with van der Waals surface area (Å²) in [5.74, 6) is 2.02. The van der Waals surface area contributed by atoms with E-state index in [0.717, 1.165) is 5.92 Å². The Morgan fingerprint density at radius 3 is 2.00 bits per heavy atom. The minimum Gasteiger partial charge on any atom is -0.334 e. The topological polar surface area (TPSA) is 12.5 Å². The molecule has 0 aromatic heterocycles. The van der Waals surface area contributed by atoms with Gasteiger partial charge in [-0.15, -0.1) is 0 Å². The van der Waals surface area contributed by atoms with Gasteiger partial charge in [0.05, 0.1) is 6.10 Å². The molecule has 0 amide bonds. The molecule has 1 aromatic carbocycles. The average molecular weight is 508 g/mol. The zero-order chi connectivity index (χ0) is 23.3. The van der Waals surface area contributed by atoms with Crippen molar-refractivity contribution in [2.24, 2.45) is 17.8 Å². The largest absolute Gasteiger partial charge is 0.334 e. The van der Waals surface area contributed by atoms with Gasteiger partial charge in [0.25, 0.3) is 0 Å². The minimum absolute atomic E-state index is 0.298. The second kappa shape index (κ2) is 12.4. The molecule has 5 heteroatoms. The van der Waals surface area contributed by atoms with Gasteiger partial charge in [-0.25, -0.2) is 4.31 Å². The summed E-state index contributed by atoms with van der Waals surface area (Å²) in [6.07, 6.45) is 17.7. The Morgan fingerprint density at radius 1 is 0.879 bits per heavy atom. The molecule has 33 heavy (non-hydrogen) atoms. The van der Waals surface area contributed by atoms with Crippen LogP contribution in [-0.2, 0) is 16.3 Å². The third kappa shape index (κ3) is 6.88. The Labute approximate surface area is 213 Å².